The Balaban J connectivity index is 1.71. The predicted octanol–water partition coefficient (Wildman–Crippen LogP) is 2.42. The lowest BCUT2D eigenvalue weighted by Gasteiger charge is -2.15. The number of methoxy groups -OCH3 is 1. The molecule has 134 valence electrons. The highest BCUT2D eigenvalue weighted by Gasteiger charge is 2.17. The first-order chi connectivity index (χ1) is 12.7. The van der Waals surface area contributed by atoms with Gasteiger partial charge in [0.05, 0.1) is 25.5 Å². The average Bonchev–Trinajstić information content (AvgIpc) is 3.18. The molecule has 3 rings (SSSR count). The molecule has 26 heavy (non-hydrogen) atoms. The second kappa shape index (κ2) is 8.31. The highest BCUT2D eigenvalue weighted by atomic mass is 16.5. The Kier molecular flexibility index (Phi) is 5.66. The van der Waals surface area contributed by atoms with E-state index in [-0.39, 0.29) is 18.6 Å². The van der Waals surface area contributed by atoms with Gasteiger partial charge in [0.1, 0.15) is 11.4 Å². The number of rotatable bonds is 7. The highest BCUT2D eigenvalue weighted by Crippen LogP contribution is 2.28. The third-order valence-electron chi connectivity index (χ3n) is 4.09. The standard InChI is InChI=1S/C20H21N3O3/c1-26-19-10-6-5-9-16(19)17-12-18(23-22-17)20(25)21-15(13-24)11-14-7-3-2-4-8-14/h2-10,12,15,24H,11,13H2,1H3,(H,21,25)(H,22,23). The summed E-state index contributed by atoms with van der Waals surface area (Å²) in [6.07, 6.45) is 0.552. The van der Waals surface area contributed by atoms with Gasteiger partial charge < -0.3 is 15.2 Å². The largest absolute Gasteiger partial charge is 0.496 e. The third kappa shape index (κ3) is 4.10. The van der Waals surface area contributed by atoms with E-state index in [1.165, 1.54) is 0 Å². The number of benzene rings is 2. The van der Waals surface area contributed by atoms with Crippen LogP contribution in [0, 0.1) is 0 Å². The molecule has 1 unspecified atom stereocenters. The second-order valence-corrected chi connectivity index (χ2v) is 5.91. The van der Waals surface area contributed by atoms with Crippen molar-refractivity contribution < 1.29 is 14.6 Å². The number of aromatic amines is 1. The van der Waals surface area contributed by atoms with Crippen LogP contribution in [0.25, 0.3) is 11.3 Å². The van der Waals surface area contributed by atoms with Crippen LogP contribution in [-0.4, -0.2) is 41.0 Å². The molecule has 3 N–H and O–H groups in total. The first-order valence-corrected chi connectivity index (χ1v) is 8.35. The Labute approximate surface area is 151 Å². The summed E-state index contributed by atoms with van der Waals surface area (Å²) in [5.41, 5.74) is 2.80. The Morgan fingerprint density at radius 1 is 1.19 bits per heavy atom. The molecule has 3 aromatic rings. The molecule has 1 heterocycles. The zero-order chi connectivity index (χ0) is 18.4. The zero-order valence-electron chi connectivity index (χ0n) is 14.5. The summed E-state index contributed by atoms with van der Waals surface area (Å²) in [4.78, 5) is 12.5. The van der Waals surface area contributed by atoms with Crippen LogP contribution in [0.2, 0.25) is 0 Å². The fraction of sp³-hybridized carbons (Fsp3) is 0.200. The number of hydrogen-bond donors (Lipinski definition) is 3. The van der Waals surface area contributed by atoms with Crippen LogP contribution in [0.5, 0.6) is 5.75 Å². The van der Waals surface area contributed by atoms with E-state index in [1.807, 2.05) is 54.6 Å². The predicted molar refractivity (Wildman–Crippen MR) is 99.1 cm³/mol. The quantitative estimate of drug-likeness (QED) is 0.610. The number of H-pyrrole nitrogens is 1. The minimum atomic E-state index is -0.372. The number of nitrogens with zero attached hydrogens (tertiary/aromatic N) is 1. The number of ether oxygens (including phenoxy) is 1. The molecule has 0 fully saturated rings. The van der Waals surface area contributed by atoms with Crippen LogP contribution in [0.1, 0.15) is 16.1 Å². The van der Waals surface area contributed by atoms with Crippen molar-refractivity contribution in [2.45, 2.75) is 12.5 Å². The van der Waals surface area contributed by atoms with Crippen LogP contribution in [0.4, 0.5) is 0 Å². The van der Waals surface area contributed by atoms with Gasteiger partial charge in [-0.25, -0.2) is 0 Å². The average molecular weight is 351 g/mol. The minimum absolute atomic E-state index is 0.145. The van der Waals surface area contributed by atoms with E-state index in [1.54, 1.807) is 13.2 Å². The van der Waals surface area contributed by atoms with Crippen molar-refractivity contribution in [2.75, 3.05) is 13.7 Å². The lowest BCUT2D eigenvalue weighted by molar-refractivity contribution is 0.0911. The first kappa shape index (κ1) is 17.7. The van der Waals surface area contributed by atoms with E-state index in [9.17, 15) is 9.90 Å². The molecule has 0 aliphatic carbocycles. The van der Waals surface area contributed by atoms with E-state index in [2.05, 4.69) is 15.5 Å². The summed E-state index contributed by atoms with van der Waals surface area (Å²) < 4.78 is 5.33. The number of aliphatic hydroxyl groups excluding tert-OH is 1. The van der Waals surface area contributed by atoms with Gasteiger partial charge in [-0.2, -0.15) is 5.10 Å². The molecule has 0 spiro atoms. The summed E-state index contributed by atoms with van der Waals surface area (Å²) in [6.45, 7) is -0.145. The van der Waals surface area contributed by atoms with Crippen molar-refractivity contribution in [3.63, 3.8) is 0 Å². The fourth-order valence-corrected chi connectivity index (χ4v) is 2.76. The lowest BCUT2D eigenvalue weighted by atomic mass is 10.1. The summed E-state index contributed by atoms with van der Waals surface area (Å²) in [5.74, 6) is 0.372. The first-order valence-electron chi connectivity index (χ1n) is 8.35. The van der Waals surface area contributed by atoms with Gasteiger partial charge in [-0.3, -0.25) is 9.89 Å². The molecule has 2 aromatic carbocycles. The van der Waals surface area contributed by atoms with Gasteiger partial charge in [0.25, 0.3) is 5.91 Å². The number of para-hydroxylation sites is 1. The van der Waals surface area contributed by atoms with E-state index in [0.29, 0.717) is 23.6 Å². The van der Waals surface area contributed by atoms with Gasteiger partial charge in [0.2, 0.25) is 0 Å². The van der Waals surface area contributed by atoms with Gasteiger partial charge in [0.15, 0.2) is 0 Å². The number of carbonyl (C=O) groups is 1. The maximum atomic E-state index is 12.5. The summed E-state index contributed by atoms with van der Waals surface area (Å²) in [5, 5.41) is 19.4. The maximum Gasteiger partial charge on any atom is 0.269 e. The van der Waals surface area contributed by atoms with Crippen molar-refractivity contribution in [1.82, 2.24) is 15.5 Å². The molecule has 1 atom stereocenters. The molecule has 0 saturated carbocycles. The molecule has 0 radical (unpaired) electrons. The topological polar surface area (TPSA) is 87.2 Å². The zero-order valence-corrected chi connectivity index (χ0v) is 14.5. The van der Waals surface area contributed by atoms with Gasteiger partial charge in [-0.15, -0.1) is 0 Å². The summed E-state index contributed by atoms with van der Waals surface area (Å²) in [6, 6.07) is 18.5. The van der Waals surface area contributed by atoms with Crippen molar-refractivity contribution in [3.05, 3.63) is 71.9 Å². The minimum Gasteiger partial charge on any atom is -0.496 e. The van der Waals surface area contributed by atoms with Crippen molar-refractivity contribution in [3.8, 4) is 17.0 Å². The highest BCUT2D eigenvalue weighted by molar-refractivity contribution is 5.93. The molecule has 0 aliphatic heterocycles. The van der Waals surface area contributed by atoms with Gasteiger partial charge in [0, 0.05) is 5.56 Å². The Hall–Kier alpha value is -3.12. The van der Waals surface area contributed by atoms with E-state index >= 15 is 0 Å². The van der Waals surface area contributed by atoms with Crippen LogP contribution in [0.3, 0.4) is 0 Å². The van der Waals surface area contributed by atoms with Crippen LogP contribution < -0.4 is 10.1 Å². The van der Waals surface area contributed by atoms with Crippen molar-refractivity contribution >= 4 is 5.91 Å². The monoisotopic (exact) mass is 351 g/mol. The maximum absolute atomic E-state index is 12.5. The third-order valence-corrected chi connectivity index (χ3v) is 4.09. The van der Waals surface area contributed by atoms with E-state index in [0.717, 1.165) is 11.1 Å². The fourth-order valence-electron chi connectivity index (χ4n) is 2.76. The molecule has 6 nitrogen and oxygen atoms in total. The van der Waals surface area contributed by atoms with Crippen molar-refractivity contribution in [2.24, 2.45) is 0 Å². The van der Waals surface area contributed by atoms with Crippen molar-refractivity contribution in [1.29, 1.82) is 0 Å². The Morgan fingerprint density at radius 2 is 1.92 bits per heavy atom. The molecule has 1 aromatic heterocycles. The normalized spacial score (nSPS) is 11.8. The van der Waals surface area contributed by atoms with Gasteiger partial charge in [-0.1, -0.05) is 42.5 Å². The second-order valence-electron chi connectivity index (χ2n) is 5.91. The van der Waals surface area contributed by atoms with E-state index in [4.69, 9.17) is 4.74 Å². The molecule has 6 heteroatoms. The molecular weight excluding hydrogens is 330 g/mol. The number of aliphatic hydroxyl groups is 1. The summed E-state index contributed by atoms with van der Waals surface area (Å²) >= 11 is 0. The molecule has 0 saturated heterocycles. The Bertz CT molecular complexity index is 862. The SMILES string of the molecule is COc1ccccc1-c1cc(C(=O)NC(CO)Cc2ccccc2)[nH]n1. The molecule has 0 aliphatic rings. The van der Waals surface area contributed by atoms with Crippen LogP contribution in [-0.2, 0) is 6.42 Å². The number of carbonyl (C=O) groups excluding carboxylic acids is 1. The van der Waals surface area contributed by atoms with Gasteiger partial charge >= 0.3 is 0 Å². The number of amides is 1. The number of nitrogens with one attached hydrogen (secondary N) is 2. The molecular formula is C20H21N3O3. The molecule has 1 amide bonds. The molecule has 0 bridgehead atoms. The lowest BCUT2D eigenvalue weighted by Crippen LogP contribution is -2.39. The van der Waals surface area contributed by atoms with Gasteiger partial charge in [-0.05, 0) is 30.2 Å². The number of aromatic nitrogens is 2. The van der Waals surface area contributed by atoms with Crippen LogP contribution >= 0.6 is 0 Å². The smallest absolute Gasteiger partial charge is 0.269 e. The summed E-state index contributed by atoms with van der Waals surface area (Å²) in [7, 11) is 1.59. The van der Waals surface area contributed by atoms with E-state index < -0.39 is 0 Å². The van der Waals surface area contributed by atoms with Crippen LogP contribution in [0.15, 0.2) is 60.7 Å². The Morgan fingerprint density at radius 3 is 2.65 bits per heavy atom. The number of hydrogen-bond acceptors (Lipinski definition) is 4.